The Hall–Kier alpha value is -1.24. The highest BCUT2D eigenvalue weighted by molar-refractivity contribution is 9.11. The lowest BCUT2D eigenvalue weighted by atomic mass is 10.1. The lowest BCUT2D eigenvalue weighted by molar-refractivity contribution is 0.669. The smallest absolute Gasteiger partial charge is 0.198 e. The van der Waals surface area contributed by atoms with E-state index in [0.29, 0.717) is 4.73 Å². The number of hydrogen-bond acceptors (Lipinski definition) is 3. The minimum absolute atomic E-state index is 0.543. The number of rotatable bonds is 1. The fourth-order valence-corrected chi connectivity index (χ4v) is 4.25. The highest BCUT2D eigenvalue weighted by Crippen LogP contribution is 2.39. The van der Waals surface area contributed by atoms with Gasteiger partial charge >= 0.3 is 0 Å². The maximum Gasteiger partial charge on any atom is 0.198 e. The molecule has 2 heterocycles. The monoisotopic (exact) mass is 480 g/mol. The topological polar surface area (TPSA) is 38.9 Å². The predicted octanol–water partition coefficient (Wildman–Crippen LogP) is 6.33. The first-order valence-electron chi connectivity index (χ1n) is 6.44. The molecule has 0 saturated heterocycles. The van der Waals surface area contributed by atoms with Gasteiger partial charge in [0.05, 0.1) is 5.69 Å². The summed E-state index contributed by atoms with van der Waals surface area (Å²) in [5.41, 5.74) is 3.54. The molecular formula is C16H7Br3N2O. The van der Waals surface area contributed by atoms with Crippen molar-refractivity contribution in [2.45, 2.75) is 0 Å². The molecule has 0 aliphatic rings. The number of benzene rings is 2. The first-order chi connectivity index (χ1) is 10.6. The summed E-state index contributed by atoms with van der Waals surface area (Å²) in [6, 6.07) is 13.9. The minimum Gasteiger partial charge on any atom is -0.456 e. The van der Waals surface area contributed by atoms with E-state index < -0.39 is 0 Å². The van der Waals surface area contributed by atoms with Crippen molar-refractivity contribution in [3.63, 3.8) is 0 Å². The molecule has 2 aromatic carbocycles. The highest BCUT2D eigenvalue weighted by atomic mass is 79.9. The van der Waals surface area contributed by atoms with Crippen LogP contribution in [0.25, 0.3) is 33.2 Å². The number of para-hydroxylation sites is 1. The van der Waals surface area contributed by atoms with Crippen molar-refractivity contribution >= 4 is 69.7 Å². The van der Waals surface area contributed by atoms with Gasteiger partial charge in [0.15, 0.2) is 4.73 Å². The molecule has 3 nitrogen and oxygen atoms in total. The molecule has 6 heteroatoms. The van der Waals surface area contributed by atoms with Crippen molar-refractivity contribution in [3.05, 3.63) is 56.3 Å². The molecule has 0 fully saturated rings. The zero-order valence-corrected chi connectivity index (χ0v) is 15.7. The Labute approximate surface area is 151 Å². The van der Waals surface area contributed by atoms with Crippen molar-refractivity contribution in [3.8, 4) is 11.3 Å². The van der Waals surface area contributed by atoms with Crippen molar-refractivity contribution in [1.29, 1.82) is 0 Å². The van der Waals surface area contributed by atoms with E-state index in [1.165, 1.54) is 0 Å². The zero-order chi connectivity index (χ0) is 15.3. The van der Waals surface area contributed by atoms with Crippen LogP contribution in [0.5, 0.6) is 0 Å². The lowest BCUT2D eigenvalue weighted by Crippen LogP contribution is -1.90. The Morgan fingerprint density at radius 3 is 2.50 bits per heavy atom. The molecule has 0 bridgehead atoms. The van der Waals surface area contributed by atoms with Gasteiger partial charge in [-0.2, -0.15) is 0 Å². The number of fused-ring (bicyclic) bond motifs is 3. The molecule has 22 heavy (non-hydrogen) atoms. The van der Waals surface area contributed by atoms with Crippen LogP contribution in [0.2, 0.25) is 0 Å². The molecule has 0 amide bonds. The Kier molecular flexibility index (Phi) is 3.55. The second kappa shape index (κ2) is 5.44. The second-order valence-electron chi connectivity index (χ2n) is 4.74. The summed E-state index contributed by atoms with van der Waals surface area (Å²) in [5.74, 6) is 0. The molecular weight excluding hydrogens is 476 g/mol. The van der Waals surface area contributed by atoms with Gasteiger partial charge in [-0.1, -0.05) is 18.2 Å². The Balaban J connectivity index is 2.07. The van der Waals surface area contributed by atoms with Gasteiger partial charge in [-0.05, 0) is 72.1 Å². The summed E-state index contributed by atoms with van der Waals surface area (Å²) in [7, 11) is 0. The van der Waals surface area contributed by atoms with Gasteiger partial charge in [-0.15, -0.1) is 0 Å². The van der Waals surface area contributed by atoms with Crippen molar-refractivity contribution < 1.29 is 4.42 Å². The molecule has 108 valence electrons. The molecule has 0 aliphatic carbocycles. The molecule has 0 aliphatic heterocycles. The van der Waals surface area contributed by atoms with E-state index >= 15 is 0 Å². The summed E-state index contributed by atoms with van der Waals surface area (Å²) < 4.78 is 8.13. The Morgan fingerprint density at radius 1 is 0.864 bits per heavy atom. The van der Waals surface area contributed by atoms with Crippen LogP contribution in [0.3, 0.4) is 0 Å². The number of nitrogens with zero attached hydrogens (tertiary/aromatic N) is 2. The summed E-state index contributed by atoms with van der Waals surface area (Å²) >= 11 is 10.4. The molecule has 2 aromatic heterocycles. The van der Waals surface area contributed by atoms with Crippen LogP contribution in [0.1, 0.15) is 0 Å². The third-order valence-corrected chi connectivity index (χ3v) is 5.01. The quantitative estimate of drug-likeness (QED) is 0.235. The molecule has 0 spiro atoms. The maximum absolute atomic E-state index is 5.89. The van der Waals surface area contributed by atoms with Crippen LogP contribution in [0, 0.1) is 0 Å². The van der Waals surface area contributed by atoms with Gasteiger partial charge in [-0.25, -0.2) is 9.97 Å². The van der Waals surface area contributed by atoms with Crippen molar-refractivity contribution in [2.24, 2.45) is 0 Å². The van der Waals surface area contributed by atoms with Crippen LogP contribution in [-0.4, -0.2) is 9.97 Å². The van der Waals surface area contributed by atoms with E-state index in [-0.39, 0.29) is 0 Å². The van der Waals surface area contributed by atoms with Crippen LogP contribution >= 0.6 is 47.8 Å². The lowest BCUT2D eigenvalue weighted by Gasteiger charge is -2.06. The highest BCUT2D eigenvalue weighted by Gasteiger charge is 2.15. The van der Waals surface area contributed by atoms with Crippen LogP contribution in [-0.2, 0) is 0 Å². The van der Waals surface area contributed by atoms with E-state index in [4.69, 9.17) is 4.42 Å². The van der Waals surface area contributed by atoms with Crippen molar-refractivity contribution in [1.82, 2.24) is 9.97 Å². The SMILES string of the molecule is Brc1cc(-c2ccc3oc4ccccc4c3c2Br)nc(Br)n1. The number of halogens is 3. The average Bonchev–Trinajstić information content (AvgIpc) is 2.85. The van der Waals surface area contributed by atoms with Crippen LogP contribution < -0.4 is 0 Å². The molecule has 0 saturated carbocycles. The standard InChI is InChI=1S/C16H7Br3N2O/c17-13-7-10(20-16(19)21-13)8-5-6-12-14(15(8)18)9-3-1-2-4-11(9)22-12/h1-7H. The number of hydrogen-bond donors (Lipinski definition) is 0. The number of aromatic nitrogens is 2. The van der Waals surface area contributed by atoms with E-state index in [9.17, 15) is 0 Å². The van der Waals surface area contributed by atoms with E-state index in [1.807, 2.05) is 36.4 Å². The fourth-order valence-electron chi connectivity index (χ4n) is 2.50. The molecule has 0 N–H and O–H groups in total. The molecule has 0 radical (unpaired) electrons. The van der Waals surface area contributed by atoms with E-state index in [2.05, 4.69) is 63.8 Å². The van der Waals surface area contributed by atoms with E-state index in [0.717, 1.165) is 42.3 Å². The summed E-state index contributed by atoms with van der Waals surface area (Å²) in [6.07, 6.45) is 0. The van der Waals surface area contributed by atoms with Crippen LogP contribution in [0.4, 0.5) is 0 Å². The van der Waals surface area contributed by atoms with Crippen molar-refractivity contribution in [2.75, 3.05) is 0 Å². The summed E-state index contributed by atoms with van der Waals surface area (Å²) in [6.45, 7) is 0. The minimum atomic E-state index is 0.543. The third-order valence-electron chi connectivity index (χ3n) is 3.42. The summed E-state index contributed by atoms with van der Waals surface area (Å²) in [4.78, 5) is 8.63. The molecule has 4 aromatic rings. The molecule has 4 rings (SSSR count). The Morgan fingerprint density at radius 2 is 1.68 bits per heavy atom. The first-order valence-corrected chi connectivity index (χ1v) is 8.81. The number of furan rings is 1. The van der Waals surface area contributed by atoms with Gasteiger partial charge in [0, 0.05) is 20.8 Å². The maximum atomic E-state index is 5.89. The van der Waals surface area contributed by atoms with Gasteiger partial charge in [0.1, 0.15) is 15.8 Å². The average molecular weight is 483 g/mol. The first kappa shape index (κ1) is 14.4. The van der Waals surface area contributed by atoms with Gasteiger partial charge < -0.3 is 4.42 Å². The summed E-state index contributed by atoms with van der Waals surface area (Å²) in [5, 5.41) is 2.14. The van der Waals surface area contributed by atoms with Gasteiger partial charge in [0.25, 0.3) is 0 Å². The second-order valence-corrected chi connectivity index (χ2v) is 7.06. The van der Waals surface area contributed by atoms with E-state index in [1.54, 1.807) is 0 Å². The fraction of sp³-hybridized carbons (Fsp3) is 0. The third kappa shape index (κ3) is 2.30. The van der Waals surface area contributed by atoms with Gasteiger partial charge in [-0.3, -0.25) is 0 Å². The van der Waals surface area contributed by atoms with Crippen LogP contribution in [0.15, 0.2) is 60.7 Å². The largest absolute Gasteiger partial charge is 0.456 e. The normalized spacial score (nSPS) is 11.4. The zero-order valence-electron chi connectivity index (χ0n) is 11.0. The van der Waals surface area contributed by atoms with Gasteiger partial charge in [0.2, 0.25) is 0 Å². The molecule has 0 unspecified atom stereocenters. The predicted molar refractivity (Wildman–Crippen MR) is 97.8 cm³/mol. The molecule has 0 atom stereocenters. The Bertz CT molecular complexity index is 1010.